The average molecular weight is 474 g/mol. The van der Waals surface area contributed by atoms with Crippen molar-refractivity contribution in [3.05, 3.63) is 18.0 Å². The van der Waals surface area contributed by atoms with Gasteiger partial charge in [0.15, 0.2) is 4.34 Å². The molecule has 3 heterocycles. The molecule has 1 N–H and O–H groups in total. The second kappa shape index (κ2) is 9.45. The molecule has 3 rings (SSSR count). The van der Waals surface area contributed by atoms with Crippen molar-refractivity contribution in [1.82, 2.24) is 19.1 Å². The van der Waals surface area contributed by atoms with Crippen molar-refractivity contribution in [3.8, 4) is 0 Å². The van der Waals surface area contributed by atoms with Gasteiger partial charge in [0.05, 0.1) is 6.61 Å². The number of nitrogens with zero attached hydrogens (tertiary/aromatic N) is 4. The molecule has 1 aliphatic rings. The molecule has 10 nitrogen and oxygen atoms in total. The van der Waals surface area contributed by atoms with Crippen molar-refractivity contribution in [3.63, 3.8) is 0 Å². The quantitative estimate of drug-likeness (QED) is 0.351. The maximum atomic E-state index is 13.2. The molecule has 1 amide bonds. The first-order valence-corrected chi connectivity index (χ1v) is 12.6. The number of hydrogen-bond acceptors (Lipinski definition) is 9. The fourth-order valence-electron chi connectivity index (χ4n) is 3.14. The van der Waals surface area contributed by atoms with Gasteiger partial charge in [-0.2, -0.15) is 4.31 Å². The van der Waals surface area contributed by atoms with E-state index in [1.165, 1.54) is 44.2 Å². The second-order valence-electron chi connectivity index (χ2n) is 6.46. The van der Waals surface area contributed by atoms with Gasteiger partial charge in [-0.1, -0.05) is 30.0 Å². The molecule has 13 heteroatoms. The van der Waals surface area contributed by atoms with Gasteiger partial charge in [0, 0.05) is 19.8 Å². The molecular weight excluding hydrogens is 450 g/mol. The summed E-state index contributed by atoms with van der Waals surface area (Å²) >= 11 is 2.76. The topological polar surface area (TPSA) is 123 Å². The Morgan fingerprint density at radius 1 is 1.37 bits per heavy atom. The summed E-state index contributed by atoms with van der Waals surface area (Å²) in [6.45, 7) is 4.07. The highest BCUT2D eigenvalue weighted by Gasteiger charge is 2.40. The van der Waals surface area contributed by atoms with Crippen LogP contribution in [0.5, 0.6) is 0 Å². The lowest BCUT2D eigenvalue weighted by atomic mass is 10.2. The smallest absolute Gasteiger partial charge is 0.354 e. The third-order valence-corrected chi connectivity index (χ3v) is 8.21. The summed E-state index contributed by atoms with van der Waals surface area (Å²) in [6, 6.07) is 0.423. The molecule has 2 aromatic rings. The van der Waals surface area contributed by atoms with Gasteiger partial charge in [0.1, 0.15) is 16.6 Å². The normalized spacial score (nSPS) is 17.2. The predicted molar refractivity (Wildman–Crippen MR) is 113 cm³/mol. The maximum Gasteiger partial charge on any atom is 0.354 e. The van der Waals surface area contributed by atoms with Gasteiger partial charge in [0.2, 0.25) is 21.1 Å². The Balaban J connectivity index is 1.79. The van der Waals surface area contributed by atoms with Gasteiger partial charge in [0.25, 0.3) is 0 Å². The van der Waals surface area contributed by atoms with E-state index in [2.05, 4.69) is 15.5 Å². The molecule has 1 fully saturated rings. The molecule has 0 aromatic carbocycles. The fraction of sp³-hybridized carbons (Fsp3) is 0.529. The van der Waals surface area contributed by atoms with E-state index in [0.717, 1.165) is 10.1 Å². The Bertz CT molecular complexity index is 1030. The Morgan fingerprint density at radius 2 is 2.13 bits per heavy atom. The zero-order valence-corrected chi connectivity index (χ0v) is 19.3. The van der Waals surface area contributed by atoms with E-state index in [0.29, 0.717) is 18.0 Å². The summed E-state index contributed by atoms with van der Waals surface area (Å²) in [7, 11) is -2.40. The number of thioether (sulfide) groups is 1. The van der Waals surface area contributed by atoms with Crippen LogP contribution in [0.15, 0.2) is 21.5 Å². The molecule has 0 saturated carbocycles. The first kappa shape index (κ1) is 22.7. The number of carbonyl (C=O) groups excluding carboxylic acids is 2. The van der Waals surface area contributed by atoms with Crippen LogP contribution in [0.2, 0.25) is 0 Å². The van der Waals surface area contributed by atoms with Crippen LogP contribution in [-0.4, -0.2) is 64.3 Å². The fourth-order valence-corrected chi connectivity index (χ4v) is 6.52. The number of esters is 1. The number of rotatable bonds is 8. The number of anilines is 1. The lowest BCUT2D eigenvalue weighted by Crippen LogP contribution is -2.43. The summed E-state index contributed by atoms with van der Waals surface area (Å²) in [4.78, 5) is 24.7. The standard InChI is InChI=1S/C17H23N5O5S3/c1-4-27-15(24)13-9-11(10-21(13)3)30(25,26)22-8-6-7-12(22)14(23)18-16-19-20-17(29-16)28-5-2/h9-10,12H,4-8H2,1-3H3,(H,18,19,23)/t12-/m0/s1. The highest BCUT2D eigenvalue weighted by Crippen LogP contribution is 2.29. The second-order valence-corrected chi connectivity index (χ2v) is 10.8. The number of amides is 1. The van der Waals surface area contributed by atoms with E-state index in [9.17, 15) is 18.0 Å². The molecule has 0 unspecified atom stereocenters. The van der Waals surface area contributed by atoms with Crippen LogP contribution in [0.1, 0.15) is 37.2 Å². The molecule has 0 spiro atoms. The Labute approximate surface area is 183 Å². The van der Waals surface area contributed by atoms with Gasteiger partial charge >= 0.3 is 5.97 Å². The number of carbonyl (C=O) groups is 2. The number of ether oxygens (including phenoxy) is 1. The molecule has 164 valence electrons. The van der Waals surface area contributed by atoms with Gasteiger partial charge in [-0.25, -0.2) is 13.2 Å². The lowest BCUT2D eigenvalue weighted by Gasteiger charge is -2.22. The third-order valence-electron chi connectivity index (χ3n) is 4.48. The molecule has 0 aliphatic carbocycles. The van der Waals surface area contributed by atoms with E-state index in [-0.39, 0.29) is 23.7 Å². The number of aryl methyl sites for hydroxylation is 1. The van der Waals surface area contributed by atoms with E-state index >= 15 is 0 Å². The first-order chi connectivity index (χ1) is 14.3. The Hall–Kier alpha value is -1.96. The van der Waals surface area contributed by atoms with E-state index < -0.39 is 27.9 Å². The van der Waals surface area contributed by atoms with E-state index in [4.69, 9.17) is 4.74 Å². The molecule has 1 atom stereocenters. The zero-order valence-electron chi connectivity index (χ0n) is 16.8. The minimum atomic E-state index is -3.97. The average Bonchev–Trinajstić information content (AvgIpc) is 3.42. The Morgan fingerprint density at radius 3 is 2.83 bits per heavy atom. The van der Waals surface area contributed by atoms with Crippen LogP contribution in [0.4, 0.5) is 5.13 Å². The van der Waals surface area contributed by atoms with E-state index in [1.54, 1.807) is 14.0 Å². The highest BCUT2D eigenvalue weighted by atomic mass is 32.2. The van der Waals surface area contributed by atoms with Crippen LogP contribution in [0.25, 0.3) is 0 Å². The number of sulfonamides is 1. The zero-order chi connectivity index (χ0) is 21.9. The van der Waals surface area contributed by atoms with E-state index in [1.807, 2.05) is 6.92 Å². The van der Waals surface area contributed by atoms with Crippen LogP contribution in [0, 0.1) is 0 Å². The summed E-state index contributed by atoms with van der Waals surface area (Å²) in [5.74, 6) is -0.210. The molecule has 1 aliphatic heterocycles. The molecular formula is C17H23N5O5S3. The van der Waals surface area contributed by atoms with Crippen molar-refractivity contribution >= 4 is 50.1 Å². The monoisotopic (exact) mass is 473 g/mol. The number of nitrogens with one attached hydrogen (secondary N) is 1. The van der Waals surface area contributed by atoms with Crippen molar-refractivity contribution in [2.75, 3.05) is 24.2 Å². The van der Waals surface area contributed by atoms with Crippen LogP contribution in [-0.2, 0) is 26.6 Å². The first-order valence-electron chi connectivity index (χ1n) is 9.40. The summed E-state index contributed by atoms with van der Waals surface area (Å²) in [5.41, 5.74) is 0.130. The van der Waals surface area contributed by atoms with Crippen molar-refractivity contribution in [1.29, 1.82) is 0 Å². The van der Waals surface area contributed by atoms with Crippen LogP contribution in [0.3, 0.4) is 0 Å². The minimum absolute atomic E-state index is 0.0506. The largest absolute Gasteiger partial charge is 0.461 e. The third kappa shape index (κ3) is 4.68. The Kier molecular flexibility index (Phi) is 7.16. The van der Waals surface area contributed by atoms with Crippen molar-refractivity contribution < 1.29 is 22.7 Å². The predicted octanol–water partition coefficient (Wildman–Crippen LogP) is 1.96. The van der Waals surface area contributed by atoms with Gasteiger partial charge < -0.3 is 9.30 Å². The van der Waals surface area contributed by atoms with Crippen LogP contribution >= 0.6 is 23.1 Å². The van der Waals surface area contributed by atoms with Crippen molar-refractivity contribution in [2.24, 2.45) is 7.05 Å². The van der Waals surface area contributed by atoms with Crippen LogP contribution < -0.4 is 5.32 Å². The lowest BCUT2D eigenvalue weighted by molar-refractivity contribution is -0.119. The minimum Gasteiger partial charge on any atom is -0.461 e. The molecule has 1 saturated heterocycles. The van der Waals surface area contributed by atoms with Crippen molar-refractivity contribution in [2.45, 2.75) is 42.0 Å². The van der Waals surface area contributed by atoms with Gasteiger partial charge in [-0.15, -0.1) is 10.2 Å². The summed E-state index contributed by atoms with van der Waals surface area (Å²) in [5, 5.41) is 10.9. The number of hydrogen-bond donors (Lipinski definition) is 1. The molecule has 0 radical (unpaired) electrons. The molecule has 2 aromatic heterocycles. The van der Waals surface area contributed by atoms with Gasteiger partial charge in [-0.3, -0.25) is 10.1 Å². The SMILES string of the molecule is CCOC(=O)c1cc(S(=O)(=O)N2CCC[C@H]2C(=O)Nc2nnc(SCC)s2)cn1C. The highest BCUT2D eigenvalue weighted by molar-refractivity contribution is 8.01. The maximum absolute atomic E-state index is 13.2. The summed E-state index contributed by atoms with van der Waals surface area (Å²) in [6.07, 6.45) is 2.31. The summed E-state index contributed by atoms with van der Waals surface area (Å²) < 4.78 is 34.7. The number of aromatic nitrogens is 3. The molecule has 30 heavy (non-hydrogen) atoms. The van der Waals surface area contributed by atoms with Gasteiger partial charge in [-0.05, 0) is 31.6 Å². The molecule has 0 bridgehead atoms.